The highest BCUT2D eigenvalue weighted by molar-refractivity contribution is 7.09. The molecule has 0 bridgehead atoms. The smallest absolute Gasteiger partial charge is 0.338 e. The van der Waals surface area contributed by atoms with Crippen molar-refractivity contribution in [2.75, 3.05) is 6.61 Å². The first-order chi connectivity index (χ1) is 12.6. The van der Waals surface area contributed by atoms with Crippen LogP contribution in [0.5, 0.6) is 0 Å². The maximum absolute atomic E-state index is 12.4. The SMILES string of the molecule is Cc1c(CCOC(=O)c2ccccc2)sc[n+]1CC(=O)c1ccccc1.[Br-]. The molecule has 140 valence electrons. The monoisotopic (exact) mass is 445 g/mol. The van der Waals surface area contributed by atoms with Crippen molar-refractivity contribution in [3.05, 3.63) is 87.9 Å². The largest absolute Gasteiger partial charge is 1.00 e. The van der Waals surface area contributed by atoms with Crippen LogP contribution in [0.3, 0.4) is 0 Å². The van der Waals surface area contributed by atoms with E-state index in [0.717, 1.165) is 10.6 Å². The summed E-state index contributed by atoms with van der Waals surface area (Å²) in [5.41, 5.74) is 4.25. The number of ether oxygens (including phenoxy) is 1. The van der Waals surface area contributed by atoms with Gasteiger partial charge in [-0.3, -0.25) is 4.79 Å². The number of hydrogen-bond acceptors (Lipinski definition) is 4. The summed E-state index contributed by atoms with van der Waals surface area (Å²) >= 11 is 1.58. The Hall–Kier alpha value is -2.31. The Morgan fingerprint density at radius 3 is 2.19 bits per heavy atom. The van der Waals surface area contributed by atoms with Crippen LogP contribution in [0.15, 0.2) is 66.2 Å². The molecule has 3 aromatic rings. The molecule has 3 rings (SSSR count). The van der Waals surface area contributed by atoms with Gasteiger partial charge in [-0.1, -0.05) is 59.9 Å². The predicted molar refractivity (Wildman–Crippen MR) is 100 cm³/mol. The van der Waals surface area contributed by atoms with Crippen LogP contribution in [0, 0.1) is 6.92 Å². The molecule has 0 N–H and O–H groups in total. The predicted octanol–water partition coefficient (Wildman–Crippen LogP) is 0.630. The number of aromatic nitrogens is 1. The summed E-state index contributed by atoms with van der Waals surface area (Å²) in [5, 5.41) is 0. The number of carbonyl (C=O) groups excluding carboxylic acids is 2. The minimum absolute atomic E-state index is 0. The van der Waals surface area contributed by atoms with E-state index in [1.54, 1.807) is 23.5 Å². The van der Waals surface area contributed by atoms with Crippen molar-refractivity contribution in [2.24, 2.45) is 0 Å². The zero-order valence-electron chi connectivity index (χ0n) is 14.9. The van der Waals surface area contributed by atoms with Crippen molar-refractivity contribution in [2.45, 2.75) is 19.9 Å². The van der Waals surface area contributed by atoms with E-state index in [1.165, 1.54) is 0 Å². The summed E-state index contributed by atoms with van der Waals surface area (Å²) in [7, 11) is 0. The lowest BCUT2D eigenvalue weighted by Crippen LogP contribution is -3.00. The van der Waals surface area contributed by atoms with Gasteiger partial charge in [-0.2, -0.15) is 4.57 Å². The van der Waals surface area contributed by atoms with Crippen LogP contribution in [0.4, 0.5) is 0 Å². The zero-order chi connectivity index (χ0) is 18.4. The van der Waals surface area contributed by atoms with E-state index in [0.29, 0.717) is 30.7 Å². The molecule has 0 atom stereocenters. The molecule has 0 saturated carbocycles. The summed E-state index contributed by atoms with van der Waals surface area (Å²) in [4.78, 5) is 25.4. The molecular formula is C21H20BrNO3S. The van der Waals surface area contributed by atoms with Gasteiger partial charge in [0.2, 0.25) is 17.8 Å². The number of hydrogen-bond donors (Lipinski definition) is 0. The van der Waals surface area contributed by atoms with E-state index in [4.69, 9.17) is 4.74 Å². The minimum atomic E-state index is -0.313. The van der Waals surface area contributed by atoms with Crippen LogP contribution in [0.1, 0.15) is 31.3 Å². The van der Waals surface area contributed by atoms with Gasteiger partial charge >= 0.3 is 5.97 Å². The maximum atomic E-state index is 12.4. The highest BCUT2D eigenvalue weighted by atomic mass is 79.9. The fourth-order valence-corrected chi connectivity index (χ4v) is 3.59. The van der Waals surface area contributed by atoms with Gasteiger partial charge in [-0.25, -0.2) is 4.79 Å². The Bertz CT molecular complexity index is 894. The summed E-state index contributed by atoms with van der Waals surface area (Å²) in [5.74, 6) is -0.231. The average Bonchev–Trinajstić information content (AvgIpc) is 3.03. The number of thiazole rings is 1. The molecule has 6 heteroatoms. The number of rotatable bonds is 7. The lowest BCUT2D eigenvalue weighted by molar-refractivity contribution is -0.684. The van der Waals surface area contributed by atoms with Gasteiger partial charge in [0.15, 0.2) is 5.69 Å². The molecule has 0 aliphatic rings. The Morgan fingerprint density at radius 2 is 1.56 bits per heavy atom. The summed E-state index contributed by atoms with van der Waals surface area (Å²) in [6, 6.07) is 18.2. The molecule has 0 radical (unpaired) electrons. The third-order valence-electron chi connectivity index (χ3n) is 4.14. The Labute approximate surface area is 173 Å². The fraction of sp³-hybridized carbons (Fsp3) is 0.190. The number of Topliss-reactive ketones (excluding diaryl/α,β-unsaturated/α-hetero) is 1. The molecule has 0 saturated heterocycles. The minimum Gasteiger partial charge on any atom is -1.00 e. The first-order valence-electron chi connectivity index (χ1n) is 8.42. The fourth-order valence-electron chi connectivity index (χ4n) is 2.61. The van der Waals surface area contributed by atoms with Crippen molar-refractivity contribution >= 4 is 23.1 Å². The van der Waals surface area contributed by atoms with E-state index in [2.05, 4.69) is 0 Å². The molecule has 1 aromatic heterocycles. The first kappa shape index (κ1) is 21.0. The van der Waals surface area contributed by atoms with Gasteiger partial charge in [0.05, 0.1) is 17.0 Å². The number of carbonyl (C=O) groups is 2. The zero-order valence-corrected chi connectivity index (χ0v) is 17.3. The third-order valence-corrected chi connectivity index (χ3v) is 5.28. The molecule has 0 amide bonds. The van der Waals surface area contributed by atoms with Crippen LogP contribution >= 0.6 is 11.3 Å². The molecule has 27 heavy (non-hydrogen) atoms. The van der Waals surface area contributed by atoms with Crippen LogP contribution in [-0.4, -0.2) is 18.4 Å². The first-order valence-corrected chi connectivity index (χ1v) is 9.30. The number of nitrogens with zero attached hydrogens (tertiary/aromatic N) is 1. The highest BCUT2D eigenvalue weighted by Crippen LogP contribution is 2.13. The molecule has 0 unspecified atom stereocenters. The summed E-state index contributed by atoms with van der Waals surface area (Å²) in [6.45, 7) is 2.63. The quantitative estimate of drug-likeness (QED) is 0.304. The Kier molecular flexibility index (Phi) is 7.88. The second-order valence-electron chi connectivity index (χ2n) is 5.90. The average molecular weight is 446 g/mol. The van der Waals surface area contributed by atoms with Gasteiger partial charge < -0.3 is 21.7 Å². The second kappa shape index (κ2) is 10.1. The number of benzene rings is 2. The van der Waals surface area contributed by atoms with Gasteiger partial charge in [-0.05, 0) is 12.1 Å². The van der Waals surface area contributed by atoms with Gasteiger partial charge in [-0.15, -0.1) is 0 Å². The van der Waals surface area contributed by atoms with Crippen LogP contribution in [0.2, 0.25) is 0 Å². The van der Waals surface area contributed by atoms with Crippen LogP contribution in [-0.2, 0) is 17.7 Å². The van der Waals surface area contributed by atoms with Crippen molar-refractivity contribution in [3.8, 4) is 0 Å². The lowest BCUT2D eigenvalue weighted by Gasteiger charge is -2.03. The maximum Gasteiger partial charge on any atom is 0.338 e. The van der Waals surface area contributed by atoms with E-state index in [9.17, 15) is 9.59 Å². The lowest BCUT2D eigenvalue weighted by atomic mass is 10.1. The Morgan fingerprint density at radius 1 is 0.963 bits per heavy atom. The van der Waals surface area contributed by atoms with Crippen LogP contribution in [0.25, 0.3) is 0 Å². The molecule has 0 aliphatic heterocycles. The van der Waals surface area contributed by atoms with Gasteiger partial charge in [0.1, 0.15) is 0 Å². The van der Waals surface area contributed by atoms with Crippen molar-refractivity contribution in [1.82, 2.24) is 0 Å². The third kappa shape index (κ3) is 5.58. The van der Waals surface area contributed by atoms with Gasteiger partial charge in [0.25, 0.3) is 0 Å². The molecule has 0 spiro atoms. The number of halogens is 1. The van der Waals surface area contributed by atoms with Crippen LogP contribution < -0.4 is 21.5 Å². The molecular weight excluding hydrogens is 426 g/mol. The molecule has 0 aliphatic carbocycles. The van der Waals surface area contributed by atoms with Crippen molar-refractivity contribution in [1.29, 1.82) is 0 Å². The van der Waals surface area contributed by atoms with Crippen molar-refractivity contribution < 1.29 is 35.9 Å². The molecule has 0 fully saturated rings. The topological polar surface area (TPSA) is 47.2 Å². The van der Waals surface area contributed by atoms with Gasteiger partial charge in [0, 0.05) is 18.9 Å². The molecule has 4 nitrogen and oxygen atoms in total. The van der Waals surface area contributed by atoms with E-state index >= 15 is 0 Å². The summed E-state index contributed by atoms with van der Waals surface area (Å²) < 4.78 is 7.29. The van der Waals surface area contributed by atoms with Crippen molar-refractivity contribution in [3.63, 3.8) is 0 Å². The normalized spacial score (nSPS) is 10.1. The standard InChI is InChI=1S/C21H20NO3S.BrH/c1-16-20(12-13-25-21(24)18-10-6-3-7-11-18)26-15-22(16)14-19(23)17-8-4-2-5-9-17;/h2-11,15H,12-14H2,1H3;1H/q+1;/p-1. The Balaban J connectivity index is 0.00000261. The molecule has 2 aromatic carbocycles. The summed E-state index contributed by atoms with van der Waals surface area (Å²) in [6.07, 6.45) is 0.640. The van der Waals surface area contributed by atoms with E-state index < -0.39 is 0 Å². The van der Waals surface area contributed by atoms with E-state index in [1.807, 2.05) is 65.5 Å². The second-order valence-corrected chi connectivity index (χ2v) is 6.84. The molecule has 1 heterocycles. The number of esters is 1. The van der Waals surface area contributed by atoms with E-state index in [-0.39, 0.29) is 28.7 Å². The number of ketones is 1. The highest BCUT2D eigenvalue weighted by Gasteiger charge is 2.19.